The quantitative estimate of drug-likeness (QED) is 0.646. The molecule has 0 aromatic heterocycles. The van der Waals surface area contributed by atoms with Gasteiger partial charge in [-0.25, -0.2) is 9.59 Å². The van der Waals surface area contributed by atoms with E-state index in [1.165, 1.54) is 0 Å². The van der Waals surface area contributed by atoms with Crippen LogP contribution in [0.1, 0.15) is 44.4 Å². The third-order valence-corrected chi connectivity index (χ3v) is 5.23. The molecule has 2 aromatic rings. The third-order valence-electron chi connectivity index (χ3n) is 5.23. The van der Waals surface area contributed by atoms with Crippen molar-refractivity contribution in [2.75, 3.05) is 19.8 Å². The van der Waals surface area contributed by atoms with Gasteiger partial charge >= 0.3 is 12.1 Å². The van der Waals surface area contributed by atoms with Crippen LogP contribution in [-0.4, -0.2) is 36.7 Å². The molecule has 1 fully saturated rings. The number of hydrogen-bond acceptors (Lipinski definition) is 5. The molecule has 0 aliphatic carbocycles. The Hall–Kier alpha value is -3.02. The second-order valence-corrected chi connectivity index (χ2v) is 7.25. The lowest BCUT2D eigenvalue weighted by Crippen LogP contribution is -2.47. The van der Waals surface area contributed by atoms with Gasteiger partial charge in [-0.3, -0.25) is 0 Å². The molecule has 0 radical (unpaired) electrons. The molecule has 0 spiro atoms. The predicted molar refractivity (Wildman–Crippen MR) is 109 cm³/mol. The summed E-state index contributed by atoms with van der Waals surface area (Å²) in [5.74, 6) is 0.146. The van der Waals surface area contributed by atoms with Crippen molar-refractivity contribution in [3.8, 4) is 5.75 Å². The topological polar surface area (TPSA) is 65.1 Å². The molecule has 1 aliphatic heterocycles. The minimum absolute atomic E-state index is 0.146. The van der Waals surface area contributed by atoms with Gasteiger partial charge in [0.2, 0.25) is 0 Å². The van der Waals surface area contributed by atoms with E-state index in [4.69, 9.17) is 14.2 Å². The molecule has 154 valence electrons. The molecule has 3 rings (SSSR count). The number of hydrogen-bond donors (Lipinski definition) is 0. The zero-order valence-electron chi connectivity index (χ0n) is 17.1. The molecule has 1 amide bonds. The fraction of sp³-hybridized carbons (Fsp3) is 0.391. The number of rotatable bonds is 7. The summed E-state index contributed by atoms with van der Waals surface area (Å²) in [5.41, 5.74) is 1.28. The Labute approximate surface area is 171 Å². The molecule has 2 aromatic carbocycles. The molecular weight excluding hydrogens is 370 g/mol. The van der Waals surface area contributed by atoms with Crippen molar-refractivity contribution < 1.29 is 23.8 Å². The number of carbonyl (C=O) groups is 2. The summed E-state index contributed by atoms with van der Waals surface area (Å²) in [7, 11) is 0. The van der Waals surface area contributed by atoms with Crippen LogP contribution in [0.15, 0.2) is 54.6 Å². The van der Waals surface area contributed by atoms with Crippen molar-refractivity contribution in [2.24, 2.45) is 0 Å². The maximum atomic E-state index is 12.8. The Morgan fingerprint density at radius 3 is 2.66 bits per heavy atom. The van der Waals surface area contributed by atoms with E-state index >= 15 is 0 Å². The minimum Gasteiger partial charge on any atom is -0.482 e. The number of esters is 1. The lowest BCUT2D eigenvalue weighted by molar-refractivity contribution is -0.145. The Bertz CT molecular complexity index is 853. The van der Waals surface area contributed by atoms with Gasteiger partial charge in [-0.1, -0.05) is 42.5 Å². The van der Waals surface area contributed by atoms with Gasteiger partial charge in [0.25, 0.3) is 0 Å². The number of cyclic esters (lactones) is 1. The lowest BCUT2D eigenvalue weighted by Gasteiger charge is -2.41. The maximum Gasteiger partial charge on any atom is 0.411 e. The number of ether oxygens (including phenoxy) is 3. The standard InChI is InChI=1S/C23H27NO5/c1-4-27-21(25)16-28-20-12-8-9-18(15-20)17(2)24-14-13-23(3,29-22(24)26)19-10-6-5-7-11-19/h5-12,15,17H,4,13-14,16H2,1-3H3/t17-,23-/m0/s1. The number of nitrogens with zero attached hydrogens (tertiary/aromatic N) is 1. The highest BCUT2D eigenvalue weighted by Crippen LogP contribution is 2.36. The predicted octanol–water partition coefficient (Wildman–Crippen LogP) is 4.45. The summed E-state index contributed by atoms with van der Waals surface area (Å²) in [4.78, 5) is 26.0. The van der Waals surface area contributed by atoms with Crippen LogP contribution >= 0.6 is 0 Å². The van der Waals surface area contributed by atoms with E-state index in [9.17, 15) is 9.59 Å². The van der Waals surface area contributed by atoms with E-state index < -0.39 is 11.6 Å². The number of carbonyl (C=O) groups excluding carboxylic acids is 2. The summed E-state index contributed by atoms with van der Waals surface area (Å²) in [6.07, 6.45) is 0.361. The number of benzene rings is 2. The smallest absolute Gasteiger partial charge is 0.411 e. The zero-order chi connectivity index (χ0) is 20.9. The highest BCUT2D eigenvalue weighted by molar-refractivity contribution is 5.71. The van der Waals surface area contributed by atoms with Crippen molar-refractivity contribution in [1.82, 2.24) is 4.90 Å². The largest absolute Gasteiger partial charge is 0.482 e. The van der Waals surface area contributed by atoms with Gasteiger partial charge in [0.05, 0.1) is 12.6 Å². The van der Waals surface area contributed by atoms with E-state index in [-0.39, 0.29) is 18.7 Å². The molecule has 1 aliphatic rings. The first-order valence-corrected chi connectivity index (χ1v) is 9.86. The highest BCUT2D eigenvalue weighted by atomic mass is 16.6. The molecule has 0 N–H and O–H groups in total. The van der Waals surface area contributed by atoms with Gasteiger partial charge in [0.1, 0.15) is 11.4 Å². The van der Waals surface area contributed by atoms with Crippen LogP contribution in [0.5, 0.6) is 5.75 Å². The second kappa shape index (κ2) is 8.99. The Kier molecular flexibility index (Phi) is 6.42. The van der Waals surface area contributed by atoms with Crippen LogP contribution in [0.2, 0.25) is 0 Å². The van der Waals surface area contributed by atoms with Crippen LogP contribution in [0.4, 0.5) is 4.79 Å². The summed E-state index contributed by atoms with van der Waals surface area (Å²) in [6.45, 7) is 6.41. The second-order valence-electron chi connectivity index (χ2n) is 7.25. The first-order chi connectivity index (χ1) is 13.9. The normalized spacial score (nSPS) is 20.0. The average molecular weight is 397 g/mol. The molecule has 0 unspecified atom stereocenters. The van der Waals surface area contributed by atoms with Gasteiger partial charge in [0, 0.05) is 13.0 Å². The van der Waals surface area contributed by atoms with Crippen LogP contribution in [0.25, 0.3) is 0 Å². The van der Waals surface area contributed by atoms with E-state index in [2.05, 4.69) is 0 Å². The van der Waals surface area contributed by atoms with E-state index in [0.717, 1.165) is 11.1 Å². The fourth-order valence-corrected chi connectivity index (χ4v) is 3.46. The van der Waals surface area contributed by atoms with Crippen LogP contribution < -0.4 is 4.74 Å². The molecule has 0 saturated carbocycles. The first kappa shape index (κ1) is 20.7. The highest BCUT2D eigenvalue weighted by Gasteiger charge is 2.39. The average Bonchev–Trinajstić information content (AvgIpc) is 2.73. The maximum absolute atomic E-state index is 12.8. The lowest BCUT2D eigenvalue weighted by atomic mass is 9.90. The monoisotopic (exact) mass is 397 g/mol. The van der Waals surface area contributed by atoms with Crippen molar-refractivity contribution in [2.45, 2.75) is 38.8 Å². The Balaban J connectivity index is 1.67. The van der Waals surface area contributed by atoms with E-state index in [1.807, 2.05) is 62.4 Å². The number of amides is 1. The summed E-state index contributed by atoms with van der Waals surface area (Å²) >= 11 is 0. The summed E-state index contributed by atoms with van der Waals surface area (Å²) in [5, 5.41) is 0. The van der Waals surface area contributed by atoms with Gasteiger partial charge < -0.3 is 19.1 Å². The fourth-order valence-electron chi connectivity index (χ4n) is 3.46. The SMILES string of the molecule is CCOC(=O)COc1cccc([C@H](C)N2CC[C@@](C)(c3ccccc3)OC2=O)c1. The molecule has 0 bridgehead atoms. The molecule has 29 heavy (non-hydrogen) atoms. The van der Waals surface area contributed by atoms with Gasteiger partial charge in [-0.2, -0.15) is 0 Å². The molecular formula is C23H27NO5. The van der Waals surface area contributed by atoms with Gasteiger partial charge in [0.15, 0.2) is 6.61 Å². The molecule has 2 atom stereocenters. The minimum atomic E-state index is -0.626. The summed E-state index contributed by atoms with van der Waals surface area (Å²) in [6, 6.07) is 17.0. The van der Waals surface area contributed by atoms with Crippen LogP contribution in [-0.2, 0) is 19.9 Å². The first-order valence-electron chi connectivity index (χ1n) is 9.86. The van der Waals surface area contributed by atoms with Gasteiger partial charge in [-0.05, 0) is 44.0 Å². The van der Waals surface area contributed by atoms with Crippen molar-refractivity contribution >= 4 is 12.1 Å². The van der Waals surface area contributed by atoms with Crippen LogP contribution in [0, 0.1) is 0 Å². The zero-order valence-corrected chi connectivity index (χ0v) is 17.1. The third kappa shape index (κ3) is 4.88. The molecule has 6 nitrogen and oxygen atoms in total. The van der Waals surface area contributed by atoms with Crippen molar-refractivity contribution in [3.63, 3.8) is 0 Å². The molecule has 1 heterocycles. The van der Waals surface area contributed by atoms with E-state index in [0.29, 0.717) is 25.3 Å². The Morgan fingerprint density at radius 2 is 1.97 bits per heavy atom. The van der Waals surface area contributed by atoms with Crippen LogP contribution in [0.3, 0.4) is 0 Å². The Morgan fingerprint density at radius 1 is 1.21 bits per heavy atom. The van der Waals surface area contributed by atoms with Crippen molar-refractivity contribution in [1.29, 1.82) is 0 Å². The molecule has 1 saturated heterocycles. The van der Waals surface area contributed by atoms with Gasteiger partial charge in [-0.15, -0.1) is 0 Å². The van der Waals surface area contributed by atoms with Crippen molar-refractivity contribution in [3.05, 3.63) is 65.7 Å². The molecule has 6 heteroatoms. The van der Waals surface area contributed by atoms with E-state index in [1.54, 1.807) is 17.9 Å². The summed E-state index contributed by atoms with van der Waals surface area (Å²) < 4.78 is 16.2.